The molecule has 0 fully saturated rings. The lowest BCUT2D eigenvalue weighted by molar-refractivity contribution is -0.141. The fraction of sp³-hybridized carbons (Fsp3) is 0.500. The van der Waals surface area contributed by atoms with Gasteiger partial charge in [0, 0.05) is 32.4 Å². The molecule has 0 N–H and O–H groups in total. The van der Waals surface area contributed by atoms with E-state index in [1.54, 1.807) is 18.3 Å². The molecule has 0 radical (unpaired) electrons. The minimum atomic E-state index is -0.423. The average molecular weight is 279 g/mol. The van der Waals surface area contributed by atoms with E-state index in [0.29, 0.717) is 17.9 Å². The summed E-state index contributed by atoms with van der Waals surface area (Å²) in [5, 5.41) is 0. The van der Waals surface area contributed by atoms with Crippen molar-refractivity contribution in [2.24, 2.45) is 0 Å². The first-order valence-corrected chi connectivity index (χ1v) is 6.49. The van der Waals surface area contributed by atoms with Crippen molar-refractivity contribution >= 4 is 17.7 Å². The number of amides is 1. The highest BCUT2D eigenvalue weighted by Gasteiger charge is 2.19. The summed E-state index contributed by atoms with van der Waals surface area (Å²) in [6, 6.07) is 3.36. The molecule has 110 valence electrons. The smallest absolute Gasteiger partial charge is 0.325 e. The van der Waals surface area contributed by atoms with Gasteiger partial charge < -0.3 is 14.5 Å². The second-order valence-corrected chi connectivity index (χ2v) is 4.60. The molecule has 0 unspecified atom stereocenters. The number of aromatic nitrogens is 1. The molecule has 0 bridgehead atoms. The van der Waals surface area contributed by atoms with Crippen molar-refractivity contribution in [3.8, 4) is 0 Å². The molecule has 0 spiro atoms. The van der Waals surface area contributed by atoms with Crippen LogP contribution in [0.1, 0.15) is 23.7 Å². The Morgan fingerprint density at radius 2 is 2.05 bits per heavy atom. The molecule has 0 aliphatic heterocycles. The van der Waals surface area contributed by atoms with Gasteiger partial charge in [-0.15, -0.1) is 0 Å². The zero-order chi connectivity index (χ0) is 15.1. The summed E-state index contributed by atoms with van der Waals surface area (Å²) >= 11 is 0. The van der Waals surface area contributed by atoms with Crippen LogP contribution < -0.4 is 4.90 Å². The normalized spacial score (nSPS) is 10.0. The molecule has 0 atom stereocenters. The van der Waals surface area contributed by atoms with E-state index in [-0.39, 0.29) is 12.5 Å². The van der Waals surface area contributed by atoms with Crippen LogP contribution in [0.15, 0.2) is 18.3 Å². The number of carbonyl (C=O) groups excluding carboxylic acids is 2. The number of rotatable bonds is 6. The Kier molecular flexibility index (Phi) is 5.96. The third kappa shape index (κ3) is 4.22. The Morgan fingerprint density at radius 1 is 1.35 bits per heavy atom. The van der Waals surface area contributed by atoms with Crippen LogP contribution in [-0.2, 0) is 9.53 Å². The van der Waals surface area contributed by atoms with Gasteiger partial charge in [-0.05, 0) is 18.6 Å². The van der Waals surface area contributed by atoms with Crippen LogP contribution in [-0.4, -0.2) is 56.1 Å². The van der Waals surface area contributed by atoms with Crippen LogP contribution >= 0.6 is 0 Å². The van der Waals surface area contributed by atoms with Crippen molar-refractivity contribution in [3.05, 3.63) is 23.9 Å². The fourth-order valence-electron chi connectivity index (χ4n) is 1.72. The van der Waals surface area contributed by atoms with E-state index < -0.39 is 5.97 Å². The number of hydrogen-bond donors (Lipinski definition) is 0. The molecule has 0 aliphatic rings. The van der Waals surface area contributed by atoms with Gasteiger partial charge in [-0.1, -0.05) is 6.92 Å². The third-order valence-electron chi connectivity index (χ3n) is 2.78. The lowest BCUT2D eigenvalue weighted by atomic mass is 10.2. The summed E-state index contributed by atoms with van der Waals surface area (Å²) in [4.78, 5) is 31.3. The number of hydrogen-bond acceptors (Lipinski definition) is 5. The largest absolute Gasteiger partial charge is 0.468 e. The van der Waals surface area contributed by atoms with Crippen LogP contribution in [0.25, 0.3) is 0 Å². The Hall–Kier alpha value is -2.11. The molecule has 1 amide bonds. The van der Waals surface area contributed by atoms with Crippen molar-refractivity contribution in [2.75, 3.05) is 39.2 Å². The molecule has 6 heteroatoms. The summed E-state index contributed by atoms with van der Waals surface area (Å²) in [6.45, 7) is 2.42. The monoisotopic (exact) mass is 279 g/mol. The summed E-state index contributed by atoms with van der Waals surface area (Å²) in [5.41, 5.74) is 0.515. The minimum absolute atomic E-state index is 0.0389. The molecule has 0 saturated heterocycles. The Morgan fingerprint density at radius 3 is 2.60 bits per heavy atom. The summed E-state index contributed by atoms with van der Waals surface area (Å²) in [7, 11) is 5.03. The Bertz CT molecular complexity index is 474. The molecule has 1 aromatic heterocycles. The minimum Gasteiger partial charge on any atom is -0.468 e. The van der Waals surface area contributed by atoms with Gasteiger partial charge in [0.15, 0.2) is 0 Å². The molecule has 1 aromatic rings. The topological polar surface area (TPSA) is 62.7 Å². The number of ether oxygens (including phenoxy) is 1. The van der Waals surface area contributed by atoms with E-state index >= 15 is 0 Å². The second-order valence-electron chi connectivity index (χ2n) is 4.60. The molecule has 6 nitrogen and oxygen atoms in total. The van der Waals surface area contributed by atoms with Crippen LogP contribution in [0, 0.1) is 0 Å². The van der Waals surface area contributed by atoms with Crippen LogP contribution in [0.3, 0.4) is 0 Å². The maximum absolute atomic E-state index is 12.4. The quantitative estimate of drug-likeness (QED) is 0.732. The maximum Gasteiger partial charge on any atom is 0.325 e. The predicted molar refractivity (Wildman–Crippen MR) is 76.8 cm³/mol. The molecular weight excluding hydrogens is 258 g/mol. The molecule has 1 rings (SSSR count). The highest BCUT2D eigenvalue weighted by Crippen LogP contribution is 2.12. The van der Waals surface area contributed by atoms with E-state index in [1.165, 1.54) is 12.0 Å². The molecule has 0 saturated carbocycles. The van der Waals surface area contributed by atoms with Crippen molar-refractivity contribution in [3.63, 3.8) is 0 Å². The van der Waals surface area contributed by atoms with E-state index in [4.69, 9.17) is 0 Å². The number of esters is 1. The van der Waals surface area contributed by atoms with E-state index in [9.17, 15) is 9.59 Å². The van der Waals surface area contributed by atoms with Crippen molar-refractivity contribution in [1.29, 1.82) is 0 Å². The van der Waals surface area contributed by atoms with E-state index in [2.05, 4.69) is 9.72 Å². The predicted octanol–water partition coefficient (Wildman–Crippen LogP) is 1.17. The summed E-state index contributed by atoms with van der Waals surface area (Å²) < 4.78 is 4.62. The first-order valence-electron chi connectivity index (χ1n) is 6.49. The highest BCUT2D eigenvalue weighted by atomic mass is 16.5. The highest BCUT2D eigenvalue weighted by molar-refractivity contribution is 5.96. The first-order chi connectivity index (χ1) is 9.49. The Balaban J connectivity index is 2.93. The number of carbonyl (C=O) groups is 2. The summed E-state index contributed by atoms with van der Waals surface area (Å²) in [5.74, 6) is 0.0850. The van der Waals surface area contributed by atoms with E-state index in [0.717, 1.165) is 6.42 Å². The van der Waals surface area contributed by atoms with Crippen molar-refractivity contribution in [2.45, 2.75) is 13.3 Å². The summed E-state index contributed by atoms with van der Waals surface area (Å²) in [6.07, 6.45) is 2.36. The zero-order valence-corrected chi connectivity index (χ0v) is 12.4. The number of methoxy groups -OCH3 is 1. The van der Waals surface area contributed by atoms with Crippen molar-refractivity contribution in [1.82, 2.24) is 9.88 Å². The van der Waals surface area contributed by atoms with Gasteiger partial charge in [0.25, 0.3) is 5.91 Å². The van der Waals surface area contributed by atoms with E-state index in [1.807, 2.05) is 25.9 Å². The van der Waals surface area contributed by atoms with Gasteiger partial charge >= 0.3 is 5.97 Å². The number of anilines is 1. The average Bonchev–Trinajstić information content (AvgIpc) is 2.45. The molecule has 20 heavy (non-hydrogen) atoms. The van der Waals surface area contributed by atoms with Crippen LogP contribution in [0.2, 0.25) is 0 Å². The maximum atomic E-state index is 12.4. The molecular formula is C14H21N3O3. The standard InChI is InChI=1S/C14H21N3O3/c1-5-8-17(10-13(18)20-4)14(19)11-6-7-15-12(9-11)16(2)3/h6-7,9H,5,8,10H2,1-4H3. The lowest BCUT2D eigenvalue weighted by Gasteiger charge is -2.21. The fourth-order valence-corrected chi connectivity index (χ4v) is 1.72. The van der Waals surface area contributed by atoms with Gasteiger partial charge in [-0.2, -0.15) is 0 Å². The van der Waals surface area contributed by atoms with Gasteiger partial charge in [0.2, 0.25) is 0 Å². The molecule has 1 heterocycles. The number of nitrogens with zero attached hydrogens (tertiary/aromatic N) is 3. The first kappa shape index (κ1) is 15.9. The SMILES string of the molecule is CCCN(CC(=O)OC)C(=O)c1ccnc(N(C)C)c1. The van der Waals surface area contributed by atoms with Gasteiger partial charge in [-0.25, -0.2) is 4.98 Å². The lowest BCUT2D eigenvalue weighted by Crippen LogP contribution is -2.36. The molecule has 0 aromatic carbocycles. The Labute approximate surface area is 119 Å². The van der Waals surface area contributed by atoms with Crippen LogP contribution in [0.5, 0.6) is 0 Å². The molecule has 0 aliphatic carbocycles. The van der Waals surface area contributed by atoms with Gasteiger partial charge in [0.1, 0.15) is 12.4 Å². The zero-order valence-electron chi connectivity index (χ0n) is 12.4. The van der Waals surface area contributed by atoms with Crippen molar-refractivity contribution < 1.29 is 14.3 Å². The van der Waals surface area contributed by atoms with Crippen LogP contribution in [0.4, 0.5) is 5.82 Å². The third-order valence-corrected chi connectivity index (χ3v) is 2.78. The van der Waals surface area contributed by atoms with Gasteiger partial charge in [-0.3, -0.25) is 9.59 Å². The van der Waals surface area contributed by atoms with Gasteiger partial charge in [0.05, 0.1) is 7.11 Å². The number of pyridine rings is 1. The second kappa shape index (κ2) is 7.47.